The Balaban J connectivity index is 2.68. The first kappa shape index (κ1) is 18.1. The highest BCUT2D eigenvalue weighted by atomic mass is 32.2. The monoisotopic (exact) mass is 363 g/mol. The molecule has 0 aromatic heterocycles. The van der Waals surface area contributed by atoms with E-state index in [9.17, 15) is 31.2 Å². The van der Waals surface area contributed by atoms with Gasteiger partial charge in [-0.2, -0.15) is 17.9 Å². The van der Waals surface area contributed by atoms with Gasteiger partial charge in [0.05, 0.1) is 10.5 Å². The van der Waals surface area contributed by atoms with Crippen LogP contribution in [0, 0.1) is 0 Å². The maximum absolute atomic E-state index is 13.7. The fourth-order valence-electron chi connectivity index (χ4n) is 2.41. The van der Waals surface area contributed by atoms with Crippen molar-refractivity contribution in [1.82, 2.24) is 4.72 Å². The molecule has 0 amide bonds. The Hall–Kier alpha value is -2.20. The Morgan fingerprint density at radius 2 is 1.75 bits per heavy atom. The van der Waals surface area contributed by atoms with Crippen LogP contribution in [0.25, 0.3) is 0 Å². The Morgan fingerprint density at radius 3 is 2.21 bits per heavy atom. The third-order valence-corrected chi connectivity index (χ3v) is 4.86. The molecule has 10 heteroatoms. The molecule has 0 spiro atoms. The van der Waals surface area contributed by atoms with E-state index in [1.165, 1.54) is 22.9 Å². The lowest BCUT2D eigenvalue weighted by molar-refractivity contribution is -0.193. The van der Waals surface area contributed by atoms with Crippen LogP contribution in [0.15, 0.2) is 46.6 Å². The molecule has 0 saturated heterocycles. The van der Waals surface area contributed by atoms with E-state index < -0.39 is 49.7 Å². The average Bonchev–Trinajstić information content (AvgIpc) is 2.70. The zero-order valence-electron chi connectivity index (χ0n) is 12.5. The van der Waals surface area contributed by atoms with Gasteiger partial charge in [0.1, 0.15) is 5.76 Å². The first-order valence-corrected chi connectivity index (χ1v) is 8.02. The Morgan fingerprint density at radius 1 is 1.21 bits per heavy atom. The molecule has 0 radical (unpaired) electrons. The number of esters is 1. The molecule has 0 bridgehead atoms. The number of carbonyl (C=O) groups excluding carboxylic acids is 2. The zero-order chi connectivity index (χ0) is 18.3. The number of nitrogens with one attached hydrogen (secondary N) is 1. The van der Waals surface area contributed by atoms with Gasteiger partial charge in [-0.25, -0.2) is 13.2 Å². The van der Waals surface area contributed by atoms with Gasteiger partial charge in [-0.15, -0.1) is 0 Å². The number of ketones is 1. The molecule has 0 fully saturated rings. The molecule has 2 rings (SSSR count). The second kappa shape index (κ2) is 5.71. The van der Waals surface area contributed by atoms with Crippen molar-refractivity contribution in [3.63, 3.8) is 0 Å². The summed E-state index contributed by atoms with van der Waals surface area (Å²) in [7, 11) is -4.77. The molecule has 1 aromatic carbocycles. The van der Waals surface area contributed by atoms with Crippen LogP contribution in [-0.4, -0.2) is 31.9 Å². The number of rotatable bonds is 4. The van der Waals surface area contributed by atoms with E-state index >= 15 is 0 Å². The molecule has 130 valence electrons. The van der Waals surface area contributed by atoms with Crippen LogP contribution in [-0.2, 0) is 24.3 Å². The van der Waals surface area contributed by atoms with Crippen molar-refractivity contribution in [3.05, 3.63) is 41.7 Å². The van der Waals surface area contributed by atoms with Gasteiger partial charge in [-0.3, -0.25) is 4.79 Å². The molecule has 1 N–H and O–H groups in total. The number of sulfonamides is 1. The summed E-state index contributed by atoms with van der Waals surface area (Å²) in [6, 6.07) is 6.17. The van der Waals surface area contributed by atoms with Gasteiger partial charge in [-0.05, 0) is 26.0 Å². The molecule has 1 aliphatic heterocycles. The number of alkyl halides is 3. The van der Waals surface area contributed by atoms with Crippen LogP contribution in [0.2, 0.25) is 0 Å². The van der Waals surface area contributed by atoms with E-state index in [4.69, 9.17) is 0 Å². The summed E-state index contributed by atoms with van der Waals surface area (Å²) in [5.74, 6) is -3.65. The van der Waals surface area contributed by atoms with Crippen LogP contribution in [0.4, 0.5) is 13.2 Å². The average molecular weight is 363 g/mol. The van der Waals surface area contributed by atoms with Crippen LogP contribution >= 0.6 is 0 Å². The number of hydrogen-bond donors (Lipinski definition) is 1. The topological polar surface area (TPSA) is 89.5 Å². The smallest absolute Gasteiger partial charge is 0.422 e. The van der Waals surface area contributed by atoms with Crippen LogP contribution in [0.5, 0.6) is 0 Å². The van der Waals surface area contributed by atoms with Crippen LogP contribution in [0.1, 0.15) is 13.8 Å². The molecule has 24 heavy (non-hydrogen) atoms. The van der Waals surface area contributed by atoms with Crippen LogP contribution in [0.3, 0.4) is 0 Å². The molecular formula is C14H12F3NO5S. The fourth-order valence-corrected chi connectivity index (χ4v) is 3.75. The summed E-state index contributed by atoms with van der Waals surface area (Å²) >= 11 is 0. The van der Waals surface area contributed by atoms with E-state index in [0.717, 1.165) is 26.0 Å². The summed E-state index contributed by atoms with van der Waals surface area (Å²) in [5.41, 5.74) is -4.86. The van der Waals surface area contributed by atoms with Crippen molar-refractivity contribution in [2.45, 2.75) is 30.5 Å². The summed E-state index contributed by atoms with van der Waals surface area (Å²) in [4.78, 5) is 23.1. The summed E-state index contributed by atoms with van der Waals surface area (Å²) in [6.45, 7) is 1.77. The van der Waals surface area contributed by atoms with Gasteiger partial charge in [0.25, 0.3) is 5.54 Å². The van der Waals surface area contributed by atoms with Gasteiger partial charge in [-0.1, -0.05) is 18.2 Å². The third-order valence-electron chi connectivity index (χ3n) is 3.40. The van der Waals surface area contributed by atoms with Crippen molar-refractivity contribution in [2.24, 2.45) is 0 Å². The summed E-state index contributed by atoms with van der Waals surface area (Å²) < 4.78 is 71.4. The number of halogens is 3. The second-order valence-electron chi connectivity index (χ2n) is 5.04. The quantitative estimate of drug-likeness (QED) is 0.823. The molecule has 1 atom stereocenters. The van der Waals surface area contributed by atoms with E-state index in [0.29, 0.717) is 0 Å². The standard InChI is InChI=1S/C14H12F3NO5S/c1-8(19)11-9(2)23-12(20)13(11,14(15,16)17)18-24(21,22)10-6-4-3-5-7-10/h3-7,18H,1-2H3/t13-/m0/s1. The Labute approximate surface area is 135 Å². The van der Waals surface area contributed by atoms with Gasteiger partial charge >= 0.3 is 12.1 Å². The van der Waals surface area contributed by atoms with Crippen molar-refractivity contribution >= 4 is 21.8 Å². The number of hydrogen-bond acceptors (Lipinski definition) is 5. The zero-order valence-corrected chi connectivity index (χ0v) is 13.3. The predicted octanol–water partition coefficient (Wildman–Crippen LogP) is 1.69. The molecule has 0 aliphatic carbocycles. The Bertz CT molecular complexity index is 830. The second-order valence-corrected chi connectivity index (χ2v) is 6.73. The highest BCUT2D eigenvalue weighted by Crippen LogP contribution is 2.44. The molecule has 1 aromatic rings. The minimum atomic E-state index is -5.43. The fraction of sp³-hybridized carbons (Fsp3) is 0.286. The van der Waals surface area contributed by atoms with E-state index in [1.807, 2.05) is 0 Å². The number of carbonyl (C=O) groups is 2. The molecular weight excluding hydrogens is 351 g/mol. The largest absolute Gasteiger partial charge is 0.429 e. The highest BCUT2D eigenvalue weighted by molar-refractivity contribution is 7.89. The molecule has 6 nitrogen and oxygen atoms in total. The highest BCUT2D eigenvalue weighted by Gasteiger charge is 2.70. The minimum Gasteiger partial charge on any atom is -0.429 e. The molecule has 0 unspecified atom stereocenters. The predicted molar refractivity (Wildman–Crippen MR) is 75.0 cm³/mol. The first-order chi connectivity index (χ1) is 10.9. The lowest BCUT2D eigenvalue weighted by Crippen LogP contribution is -2.64. The third kappa shape index (κ3) is 2.71. The number of allylic oxidation sites excluding steroid dienone is 1. The van der Waals surface area contributed by atoms with Crippen LogP contribution < -0.4 is 4.72 Å². The van der Waals surface area contributed by atoms with Gasteiger partial charge in [0.15, 0.2) is 5.78 Å². The summed E-state index contributed by atoms with van der Waals surface area (Å²) in [5, 5.41) is 0. The van der Waals surface area contributed by atoms with Gasteiger partial charge in [0.2, 0.25) is 10.0 Å². The maximum atomic E-state index is 13.7. The van der Waals surface area contributed by atoms with Crippen molar-refractivity contribution < 1.29 is 35.9 Å². The van der Waals surface area contributed by atoms with E-state index in [2.05, 4.69) is 4.74 Å². The van der Waals surface area contributed by atoms with Crippen molar-refractivity contribution in [1.29, 1.82) is 0 Å². The maximum Gasteiger partial charge on any atom is 0.422 e. The minimum absolute atomic E-state index is 0.492. The lowest BCUT2D eigenvalue weighted by Gasteiger charge is -2.30. The number of benzene rings is 1. The molecule has 0 saturated carbocycles. The van der Waals surface area contributed by atoms with Crippen molar-refractivity contribution in [2.75, 3.05) is 0 Å². The van der Waals surface area contributed by atoms with E-state index in [1.54, 1.807) is 0 Å². The van der Waals surface area contributed by atoms with E-state index in [-0.39, 0.29) is 0 Å². The lowest BCUT2D eigenvalue weighted by atomic mass is 9.88. The van der Waals surface area contributed by atoms with Gasteiger partial charge in [0, 0.05) is 0 Å². The normalized spacial score (nSPS) is 21.8. The Kier molecular flexibility index (Phi) is 4.31. The molecule has 1 aliphatic rings. The first-order valence-electron chi connectivity index (χ1n) is 6.54. The summed E-state index contributed by atoms with van der Waals surface area (Å²) in [6.07, 6.45) is -5.43. The van der Waals surface area contributed by atoms with Gasteiger partial charge < -0.3 is 4.74 Å². The molecule has 1 heterocycles. The number of Topliss-reactive ketones (excluding diaryl/α,β-unsaturated/α-hetero) is 1. The number of ether oxygens (including phenoxy) is 1. The van der Waals surface area contributed by atoms with Crippen molar-refractivity contribution in [3.8, 4) is 0 Å². The number of cyclic esters (lactones) is 1. The SMILES string of the molecule is CC(=O)C1=C(C)OC(=O)[C@]1(NS(=O)(=O)c1ccccc1)C(F)(F)F.